The van der Waals surface area contributed by atoms with E-state index >= 15 is 4.39 Å². The van der Waals surface area contributed by atoms with E-state index < -0.39 is 87.0 Å². The molecular formula is C30H31FN6O6. The standard InChI is InChI=1S/C30H31FN6O6/c1-36(2)14-7-5-13(6-8-14)15-9-17(31)21(38)18-16(15)10-28(34)11-30(35)24(37(3)4)23(40)19(27(33)43)25(41)29(30,12-32)26(42)20(28)22(18)39/h5-9,19-20,24,38H,10-11,34-35H2,1-4H3,(H2,33,43)/t19?,20?,24-,28-,29+,30-/m1/s1. The summed E-state index contributed by atoms with van der Waals surface area (Å²) in [4.78, 5) is 71.3. The van der Waals surface area contributed by atoms with Crippen LogP contribution in [0.5, 0.6) is 5.75 Å². The highest BCUT2D eigenvalue weighted by molar-refractivity contribution is 6.33. The number of carbonyl (C=O) groups is 5. The van der Waals surface area contributed by atoms with Crippen LogP contribution in [0, 0.1) is 34.4 Å². The van der Waals surface area contributed by atoms with Crippen molar-refractivity contribution in [3.05, 3.63) is 47.3 Å². The number of fused-ring (bicyclic) bond motifs is 3. The van der Waals surface area contributed by atoms with E-state index in [-0.39, 0.29) is 17.5 Å². The second-order valence-corrected chi connectivity index (χ2v) is 12.2. The Morgan fingerprint density at radius 2 is 1.67 bits per heavy atom. The van der Waals surface area contributed by atoms with Gasteiger partial charge in [-0.1, -0.05) is 12.1 Å². The number of amides is 1. The van der Waals surface area contributed by atoms with Gasteiger partial charge >= 0.3 is 0 Å². The fraction of sp³-hybridized carbons (Fsp3) is 0.400. The van der Waals surface area contributed by atoms with Crippen LogP contribution in [0.2, 0.25) is 0 Å². The SMILES string of the molecule is CN(C)c1ccc(-c2cc(F)c(O)c3c2C[C@@]2(N)C[C@@]4(N)[C@H](N(C)C)C(=O)C(C(N)=O)C(=O)[C@@]4(C#N)C(=O)C2C3=O)cc1. The minimum Gasteiger partial charge on any atom is -0.504 e. The van der Waals surface area contributed by atoms with Crippen LogP contribution in [0.4, 0.5) is 10.1 Å². The number of aromatic hydroxyl groups is 1. The van der Waals surface area contributed by atoms with Crippen molar-refractivity contribution < 1.29 is 33.5 Å². The maximum Gasteiger partial charge on any atom is 0.235 e. The first-order chi connectivity index (χ1) is 20.0. The van der Waals surface area contributed by atoms with Crippen LogP contribution in [-0.2, 0) is 25.6 Å². The molecule has 2 aromatic carbocycles. The van der Waals surface area contributed by atoms with E-state index in [0.29, 0.717) is 5.56 Å². The summed E-state index contributed by atoms with van der Waals surface area (Å²) < 4.78 is 15.2. The zero-order valence-electron chi connectivity index (χ0n) is 24.0. The first-order valence-electron chi connectivity index (χ1n) is 13.4. The van der Waals surface area contributed by atoms with Crippen LogP contribution in [0.15, 0.2) is 30.3 Å². The lowest BCUT2D eigenvalue weighted by Crippen LogP contribution is -2.85. The number of primary amides is 1. The van der Waals surface area contributed by atoms with Gasteiger partial charge in [-0.25, -0.2) is 4.39 Å². The number of nitrogens with two attached hydrogens (primary N) is 3. The molecule has 43 heavy (non-hydrogen) atoms. The van der Waals surface area contributed by atoms with Crippen LogP contribution in [-0.4, -0.2) is 84.4 Å². The molecule has 0 aliphatic heterocycles. The summed E-state index contributed by atoms with van der Waals surface area (Å²) >= 11 is 0. The third-order valence-corrected chi connectivity index (χ3v) is 9.24. The van der Waals surface area contributed by atoms with Crippen molar-refractivity contribution in [1.29, 1.82) is 5.26 Å². The van der Waals surface area contributed by atoms with Gasteiger partial charge < -0.3 is 27.2 Å². The van der Waals surface area contributed by atoms with Crippen molar-refractivity contribution in [2.24, 2.45) is 34.5 Å². The van der Waals surface area contributed by atoms with E-state index in [1.54, 1.807) is 30.3 Å². The number of hydrogen-bond acceptors (Lipinski definition) is 11. The molecule has 2 fully saturated rings. The number of benzene rings is 2. The van der Waals surface area contributed by atoms with Crippen molar-refractivity contribution in [2.75, 3.05) is 33.1 Å². The number of halogens is 1. The Labute approximate surface area is 246 Å². The zero-order valence-corrected chi connectivity index (χ0v) is 24.0. The van der Waals surface area contributed by atoms with Gasteiger partial charge in [0.1, 0.15) is 5.92 Å². The molecule has 0 bridgehead atoms. The Morgan fingerprint density at radius 3 is 2.19 bits per heavy atom. The Kier molecular flexibility index (Phi) is 6.62. The average molecular weight is 591 g/mol. The van der Waals surface area contributed by atoms with Gasteiger partial charge in [0.2, 0.25) is 5.91 Å². The number of hydrogen-bond donors (Lipinski definition) is 4. The summed E-state index contributed by atoms with van der Waals surface area (Å²) in [6, 6.07) is 8.13. The lowest BCUT2D eigenvalue weighted by atomic mass is 9.42. The Morgan fingerprint density at radius 1 is 1.07 bits per heavy atom. The van der Waals surface area contributed by atoms with Crippen molar-refractivity contribution in [1.82, 2.24) is 4.90 Å². The van der Waals surface area contributed by atoms with Gasteiger partial charge in [-0.15, -0.1) is 0 Å². The third kappa shape index (κ3) is 3.73. The van der Waals surface area contributed by atoms with Crippen LogP contribution in [0.25, 0.3) is 11.1 Å². The second-order valence-electron chi connectivity index (χ2n) is 12.2. The topological polar surface area (TPSA) is 214 Å². The molecular weight excluding hydrogens is 559 g/mol. The highest BCUT2D eigenvalue weighted by Gasteiger charge is 2.78. The number of likely N-dealkylation sites (N-methyl/N-ethyl adjacent to an activating group) is 1. The normalized spacial score (nSPS) is 31.7. The van der Waals surface area contributed by atoms with Gasteiger partial charge in [-0.05, 0) is 61.8 Å². The van der Waals surface area contributed by atoms with Gasteiger partial charge in [0.15, 0.2) is 46.0 Å². The molecule has 6 atom stereocenters. The molecule has 13 heteroatoms. The van der Waals surface area contributed by atoms with Crippen molar-refractivity contribution in [2.45, 2.75) is 30.0 Å². The first-order valence-corrected chi connectivity index (χ1v) is 13.4. The molecule has 0 spiro atoms. The minimum absolute atomic E-state index is 0.144. The average Bonchev–Trinajstić information content (AvgIpc) is 2.89. The van der Waals surface area contributed by atoms with Gasteiger partial charge in [0.05, 0.1) is 23.2 Å². The van der Waals surface area contributed by atoms with E-state index in [1.165, 1.54) is 19.0 Å². The number of nitriles is 1. The first kappa shape index (κ1) is 30.0. The van der Waals surface area contributed by atoms with Crippen molar-refractivity contribution in [3.8, 4) is 22.9 Å². The summed E-state index contributed by atoms with van der Waals surface area (Å²) in [5, 5.41) is 21.2. The van der Waals surface area contributed by atoms with Gasteiger partial charge in [0.25, 0.3) is 0 Å². The van der Waals surface area contributed by atoms with Crippen LogP contribution >= 0.6 is 0 Å². The number of Topliss-reactive ketones (excluding diaryl/α,β-unsaturated/α-hetero) is 4. The highest BCUT2D eigenvalue weighted by atomic mass is 19.1. The van der Waals surface area contributed by atoms with E-state index in [4.69, 9.17) is 17.2 Å². The minimum atomic E-state index is -2.87. The maximum atomic E-state index is 15.2. The predicted molar refractivity (Wildman–Crippen MR) is 151 cm³/mol. The molecule has 1 amide bonds. The summed E-state index contributed by atoms with van der Waals surface area (Å²) in [6.07, 6.45) is -0.858. The lowest BCUT2D eigenvalue weighted by Gasteiger charge is -2.60. The fourth-order valence-corrected chi connectivity index (χ4v) is 7.44. The zero-order chi connectivity index (χ0) is 32.0. The second kappa shape index (κ2) is 9.50. The molecule has 3 aliphatic carbocycles. The Hall–Kier alpha value is -4.51. The van der Waals surface area contributed by atoms with Crippen LogP contribution < -0.4 is 22.1 Å². The largest absolute Gasteiger partial charge is 0.504 e. The summed E-state index contributed by atoms with van der Waals surface area (Å²) in [5.74, 6) is -12.5. The number of rotatable bonds is 4. The number of phenolic OH excluding ortho intramolecular Hbond substituents is 1. The number of ketones is 4. The van der Waals surface area contributed by atoms with E-state index in [9.17, 15) is 34.3 Å². The van der Waals surface area contributed by atoms with Crippen molar-refractivity contribution >= 4 is 34.7 Å². The summed E-state index contributed by atoms with van der Waals surface area (Å²) in [5.41, 5.74) is 13.3. The van der Waals surface area contributed by atoms with Crippen LogP contribution in [0.3, 0.4) is 0 Å². The fourth-order valence-electron chi connectivity index (χ4n) is 7.44. The number of nitrogens with zero attached hydrogens (tertiary/aromatic N) is 3. The quantitative estimate of drug-likeness (QED) is 0.339. The molecule has 0 radical (unpaired) electrons. The van der Waals surface area contributed by atoms with E-state index in [1.807, 2.05) is 19.0 Å². The highest BCUT2D eigenvalue weighted by Crippen LogP contribution is 2.57. The molecule has 0 saturated heterocycles. The number of anilines is 1. The molecule has 0 heterocycles. The number of carbonyl (C=O) groups excluding carboxylic acids is 5. The Bertz CT molecular complexity index is 1680. The summed E-state index contributed by atoms with van der Waals surface area (Å²) in [7, 11) is 6.52. The molecule has 0 aromatic heterocycles. The molecule has 224 valence electrons. The lowest BCUT2D eigenvalue weighted by molar-refractivity contribution is -0.166. The molecule has 5 rings (SSSR count). The molecule has 2 unspecified atom stereocenters. The molecule has 12 nitrogen and oxygen atoms in total. The van der Waals surface area contributed by atoms with E-state index in [2.05, 4.69) is 0 Å². The van der Waals surface area contributed by atoms with Gasteiger partial charge in [0, 0.05) is 25.3 Å². The predicted octanol–water partition coefficient (Wildman–Crippen LogP) is -0.319. The maximum absolute atomic E-state index is 15.2. The third-order valence-electron chi connectivity index (χ3n) is 9.24. The molecule has 7 N–H and O–H groups in total. The summed E-state index contributed by atoms with van der Waals surface area (Å²) in [6.45, 7) is 0. The molecule has 2 saturated carbocycles. The molecule has 3 aliphatic rings. The number of phenols is 1. The van der Waals surface area contributed by atoms with Crippen LogP contribution in [0.1, 0.15) is 22.3 Å². The van der Waals surface area contributed by atoms with Gasteiger partial charge in [-0.3, -0.25) is 28.9 Å². The monoisotopic (exact) mass is 590 g/mol. The van der Waals surface area contributed by atoms with E-state index in [0.717, 1.165) is 11.8 Å². The van der Waals surface area contributed by atoms with Gasteiger partial charge in [-0.2, -0.15) is 5.26 Å². The Balaban J connectivity index is 1.77. The smallest absolute Gasteiger partial charge is 0.235 e. The molecule has 2 aromatic rings. The van der Waals surface area contributed by atoms with Crippen molar-refractivity contribution in [3.63, 3.8) is 0 Å².